The van der Waals surface area contributed by atoms with Gasteiger partial charge in [-0.3, -0.25) is 14.9 Å². The highest BCUT2D eigenvalue weighted by molar-refractivity contribution is 5.94. The lowest BCUT2D eigenvalue weighted by Crippen LogP contribution is -2.25. The summed E-state index contributed by atoms with van der Waals surface area (Å²) in [5.74, 6) is -0.313. The average Bonchev–Trinajstić information content (AvgIpc) is 2.18. The SMILES string of the molecule is CNCC(=O)Nc1ccccc1[N+](=O)[O-]. The fourth-order valence-corrected chi connectivity index (χ4v) is 1.09. The molecule has 6 heteroatoms. The van der Waals surface area contributed by atoms with Gasteiger partial charge in [-0.2, -0.15) is 0 Å². The van der Waals surface area contributed by atoms with E-state index in [1.807, 2.05) is 0 Å². The molecule has 0 bridgehead atoms. The van der Waals surface area contributed by atoms with Crippen LogP contribution in [0.5, 0.6) is 0 Å². The molecule has 0 radical (unpaired) electrons. The van der Waals surface area contributed by atoms with E-state index in [-0.39, 0.29) is 23.8 Å². The number of likely N-dealkylation sites (N-methyl/N-ethyl adjacent to an activating group) is 1. The van der Waals surface area contributed by atoms with Crippen molar-refractivity contribution in [1.82, 2.24) is 5.32 Å². The predicted molar refractivity (Wildman–Crippen MR) is 55.7 cm³/mol. The normalized spacial score (nSPS) is 9.67. The van der Waals surface area contributed by atoms with E-state index in [4.69, 9.17) is 0 Å². The van der Waals surface area contributed by atoms with Crippen LogP contribution in [0.3, 0.4) is 0 Å². The number of benzene rings is 1. The van der Waals surface area contributed by atoms with Gasteiger partial charge in [0.2, 0.25) is 5.91 Å². The van der Waals surface area contributed by atoms with Gasteiger partial charge < -0.3 is 10.6 Å². The largest absolute Gasteiger partial charge is 0.319 e. The van der Waals surface area contributed by atoms with E-state index in [9.17, 15) is 14.9 Å². The van der Waals surface area contributed by atoms with Gasteiger partial charge in [0.1, 0.15) is 5.69 Å². The molecule has 0 fully saturated rings. The molecule has 1 amide bonds. The number of anilines is 1. The van der Waals surface area contributed by atoms with E-state index in [2.05, 4.69) is 10.6 Å². The summed E-state index contributed by atoms with van der Waals surface area (Å²) in [7, 11) is 1.62. The van der Waals surface area contributed by atoms with Crippen LogP contribution < -0.4 is 10.6 Å². The van der Waals surface area contributed by atoms with Crippen molar-refractivity contribution in [2.24, 2.45) is 0 Å². The van der Waals surface area contributed by atoms with Crippen LogP contribution in [-0.2, 0) is 4.79 Å². The summed E-state index contributed by atoms with van der Waals surface area (Å²) in [6.45, 7) is 0.117. The molecule has 0 aliphatic rings. The molecule has 15 heavy (non-hydrogen) atoms. The first-order valence-electron chi connectivity index (χ1n) is 4.33. The van der Waals surface area contributed by atoms with Crippen molar-refractivity contribution in [3.63, 3.8) is 0 Å². The van der Waals surface area contributed by atoms with Crippen molar-refractivity contribution < 1.29 is 9.72 Å². The second-order valence-electron chi connectivity index (χ2n) is 2.85. The standard InChI is InChI=1S/C9H11N3O3/c1-10-6-9(13)11-7-4-2-3-5-8(7)12(14)15/h2-5,10H,6H2,1H3,(H,11,13). The molecule has 6 nitrogen and oxygen atoms in total. The number of hydrogen-bond acceptors (Lipinski definition) is 4. The number of nitrogens with zero attached hydrogens (tertiary/aromatic N) is 1. The van der Waals surface area contributed by atoms with E-state index >= 15 is 0 Å². The second-order valence-corrected chi connectivity index (χ2v) is 2.85. The van der Waals surface area contributed by atoms with Gasteiger partial charge in [0.15, 0.2) is 0 Å². The number of rotatable bonds is 4. The number of nitro benzene ring substituents is 1. The fourth-order valence-electron chi connectivity index (χ4n) is 1.09. The maximum absolute atomic E-state index is 11.2. The number of carbonyl (C=O) groups excluding carboxylic acids is 1. The molecule has 0 saturated carbocycles. The predicted octanol–water partition coefficient (Wildman–Crippen LogP) is 0.753. The fraction of sp³-hybridized carbons (Fsp3) is 0.222. The zero-order chi connectivity index (χ0) is 11.3. The Morgan fingerprint density at radius 1 is 1.47 bits per heavy atom. The van der Waals surface area contributed by atoms with Gasteiger partial charge in [-0.1, -0.05) is 12.1 Å². The summed E-state index contributed by atoms with van der Waals surface area (Å²) in [6.07, 6.45) is 0. The highest BCUT2D eigenvalue weighted by Crippen LogP contribution is 2.22. The minimum absolute atomic E-state index is 0.109. The van der Waals surface area contributed by atoms with Crippen molar-refractivity contribution >= 4 is 17.3 Å². The van der Waals surface area contributed by atoms with Crippen LogP contribution in [0, 0.1) is 10.1 Å². The Morgan fingerprint density at radius 3 is 2.73 bits per heavy atom. The third-order valence-corrected chi connectivity index (χ3v) is 1.71. The molecule has 2 N–H and O–H groups in total. The van der Waals surface area contributed by atoms with Crippen LogP contribution in [0.2, 0.25) is 0 Å². The van der Waals surface area contributed by atoms with E-state index in [1.165, 1.54) is 12.1 Å². The second kappa shape index (κ2) is 5.06. The Balaban J connectivity index is 2.84. The third-order valence-electron chi connectivity index (χ3n) is 1.71. The Labute approximate surface area is 86.4 Å². The number of amides is 1. The van der Waals surface area contributed by atoms with Gasteiger partial charge in [-0.25, -0.2) is 0 Å². The summed E-state index contributed by atoms with van der Waals surface area (Å²) < 4.78 is 0. The Bertz CT molecular complexity index is 379. The van der Waals surface area contributed by atoms with Crippen molar-refractivity contribution in [3.05, 3.63) is 34.4 Å². The number of para-hydroxylation sites is 2. The van der Waals surface area contributed by atoms with Crippen molar-refractivity contribution in [1.29, 1.82) is 0 Å². The smallest absolute Gasteiger partial charge is 0.292 e. The van der Waals surface area contributed by atoms with Crippen molar-refractivity contribution in [3.8, 4) is 0 Å². The minimum atomic E-state index is -0.533. The molecule has 1 aromatic rings. The summed E-state index contributed by atoms with van der Waals surface area (Å²) in [4.78, 5) is 21.3. The van der Waals surface area contributed by atoms with Crippen LogP contribution >= 0.6 is 0 Å². The molecule has 1 rings (SSSR count). The van der Waals surface area contributed by atoms with Gasteiger partial charge in [0.05, 0.1) is 11.5 Å². The third kappa shape index (κ3) is 3.03. The van der Waals surface area contributed by atoms with Gasteiger partial charge in [-0.05, 0) is 13.1 Å². The molecule has 0 spiro atoms. The lowest BCUT2D eigenvalue weighted by atomic mass is 10.2. The summed E-state index contributed by atoms with van der Waals surface area (Å²) in [6, 6.07) is 6.01. The monoisotopic (exact) mass is 209 g/mol. The number of nitro groups is 1. The Morgan fingerprint density at radius 2 is 2.13 bits per heavy atom. The lowest BCUT2D eigenvalue weighted by Gasteiger charge is -2.04. The van der Waals surface area contributed by atoms with E-state index < -0.39 is 4.92 Å². The first-order chi connectivity index (χ1) is 7.15. The number of carbonyl (C=O) groups is 1. The molecular weight excluding hydrogens is 198 g/mol. The van der Waals surface area contributed by atoms with Crippen LogP contribution in [0.25, 0.3) is 0 Å². The molecule has 0 aliphatic heterocycles. The van der Waals surface area contributed by atoms with Crippen molar-refractivity contribution in [2.75, 3.05) is 18.9 Å². The van der Waals surface area contributed by atoms with Gasteiger partial charge in [-0.15, -0.1) is 0 Å². The topological polar surface area (TPSA) is 84.3 Å². The Kier molecular flexibility index (Phi) is 3.75. The number of nitrogens with one attached hydrogen (secondary N) is 2. The maximum Gasteiger partial charge on any atom is 0.292 e. The first-order valence-corrected chi connectivity index (χ1v) is 4.33. The molecular formula is C9H11N3O3. The Hall–Kier alpha value is -1.95. The van der Waals surface area contributed by atoms with E-state index in [1.54, 1.807) is 19.2 Å². The first kappa shape index (κ1) is 11.1. The summed E-state index contributed by atoms with van der Waals surface area (Å²) in [5.41, 5.74) is 0.102. The van der Waals surface area contributed by atoms with Crippen LogP contribution in [0.15, 0.2) is 24.3 Å². The molecule has 80 valence electrons. The highest BCUT2D eigenvalue weighted by Gasteiger charge is 2.13. The van der Waals surface area contributed by atoms with Gasteiger partial charge in [0, 0.05) is 6.07 Å². The molecule has 0 aliphatic carbocycles. The number of hydrogen-bond donors (Lipinski definition) is 2. The van der Waals surface area contributed by atoms with E-state index in [0.717, 1.165) is 0 Å². The lowest BCUT2D eigenvalue weighted by molar-refractivity contribution is -0.383. The molecule has 0 unspecified atom stereocenters. The van der Waals surface area contributed by atoms with E-state index in [0.29, 0.717) is 0 Å². The van der Waals surface area contributed by atoms with Gasteiger partial charge >= 0.3 is 0 Å². The van der Waals surface area contributed by atoms with Crippen LogP contribution in [0.4, 0.5) is 11.4 Å². The van der Waals surface area contributed by atoms with Gasteiger partial charge in [0.25, 0.3) is 5.69 Å². The van der Waals surface area contributed by atoms with Crippen LogP contribution in [-0.4, -0.2) is 24.4 Å². The minimum Gasteiger partial charge on any atom is -0.319 e. The van der Waals surface area contributed by atoms with Crippen LogP contribution in [0.1, 0.15) is 0 Å². The quantitative estimate of drug-likeness (QED) is 0.566. The molecule has 1 aromatic carbocycles. The molecule has 0 aromatic heterocycles. The highest BCUT2D eigenvalue weighted by atomic mass is 16.6. The molecule has 0 heterocycles. The summed E-state index contributed by atoms with van der Waals surface area (Å²) >= 11 is 0. The average molecular weight is 209 g/mol. The zero-order valence-corrected chi connectivity index (χ0v) is 8.19. The summed E-state index contributed by atoms with van der Waals surface area (Å²) in [5, 5.41) is 15.7. The zero-order valence-electron chi connectivity index (χ0n) is 8.19. The maximum atomic E-state index is 11.2. The molecule has 0 atom stereocenters. The molecule has 0 saturated heterocycles. The van der Waals surface area contributed by atoms with Crippen molar-refractivity contribution in [2.45, 2.75) is 0 Å².